The van der Waals surface area contributed by atoms with Gasteiger partial charge in [0.05, 0.1) is 0 Å². The predicted octanol–water partition coefficient (Wildman–Crippen LogP) is 0.115. The summed E-state index contributed by atoms with van der Waals surface area (Å²) in [5.41, 5.74) is 0. The minimum atomic E-state index is -4.08. The van der Waals surface area contributed by atoms with E-state index in [1.807, 2.05) is 0 Å². The first-order valence-corrected chi connectivity index (χ1v) is 7.42. The maximum absolute atomic E-state index is 13.6. The SMILES string of the molecule is O=C([O-])C1CCN(S(=O)(=O)c2ccc(F)cc2F)CC1. The normalized spacial score (nSPS) is 18.1. The molecule has 20 heavy (non-hydrogen) atoms. The van der Waals surface area contributed by atoms with E-state index in [0.29, 0.717) is 6.07 Å². The fourth-order valence-corrected chi connectivity index (χ4v) is 3.67. The third-order valence-corrected chi connectivity index (χ3v) is 5.23. The number of hydrogen-bond donors (Lipinski definition) is 0. The summed E-state index contributed by atoms with van der Waals surface area (Å²) in [6, 6.07) is 2.23. The first-order valence-electron chi connectivity index (χ1n) is 5.98. The highest BCUT2D eigenvalue weighted by atomic mass is 32.2. The van der Waals surface area contributed by atoms with Crippen molar-refractivity contribution >= 4 is 16.0 Å². The molecule has 1 aromatic carbocycles. The van der Waals surface area contributed by atoms with Crippen molar-refractivity contribution in [3.63, 3.8) is 0 Å². The van der Waals surface area contributed by atoms with Crippen LogP contribution in [-0.4, -0.2) is 31.8 Å². The molecule has 1 aliphatic heterocycles. The number of nitrogens with zero attached hydrogens (tertiary/aromatic N) is 1. The second-order valence-electron chi connectivity index (χ2n) is 4.57. The molecule has 1 aromatic rings. The minimum absolute atomic E-state index is 0.0300. The standard InChI is InChI=1S/C12H13F2NO4S/c13-9-1-2-11(10(14)7-9)20(18,19)15-5-3-8(4-6-15)12(16)17/h1-2,7-8H,3-6H2,(H,16,17)/p-1. The van der Waals surface area contributed by atoms with Crippen LogP contribution >= 0.6 is 0 Å². The molecule has 1 fully saturated rings. The molecule has 0 aromatic heterocycles. The van der Waals surface area contributed by atoms with Crippen LogP contribution in [0.4, 0.5) is 8.78 Å². The van der Waals surface area contributed by atoms with Gasteiger partial charge in [0.25, 0.3) is 0 Å². The van der Waals surface area contributed by atoms with Gasteiger partial charge in [-0.2, -0.15) is 4.31 Å². The first-order chi connectivity index (χ1) is 9.32. The molecule has 1 heterocycles. The summed E-state index contributed by atoms with van der Waals surface area (Å²) in [7, 11) is -4.08. The first kappa shape index (κ1) is 14.9. The van der Waals surface area contributed by atoms with E-state index in [1.54, 1.807) is 0 Å². The number of hydrogen-bond acceptors (Lipinski definition) is 4. The molecular formula is C12H12F2NO4S-. The van der Waals surface area contributed by atoms with Crippen LogP contribution in [0.3, 0.4) is 0 Å². The zero-order chi connectivity index (χ0) is 14.9. The minimum Gasteiger partial charge on any atom is -0.550 e. The van der Waals surface area contributed by atoms with E-state index in [9.17, 15) is 27.1 Å². The molecule has 2 rings (SSSR count). The molecule has 0 saturated carbocycles. The summed E-state index contributed by atoms with van der Waals surface area (Å²) in [4.78, 5) is 10.1. The van der Waals surface area contributed by atoms with Crippen LogP contribution < -0.4 is 5.11 Å². The molecule has 0 N–H and O–H groups in total. The summed E-state index contributed by atoms with van der Waals surface area (Å²) in [6.45, 7) is -0.0599. The Hall–Kier alpha value is -1.54. The molecule has 0 amide bonds. The number of carbonyl (C=O) groups is 1. The second-order valence-corrected chi connectivity index (χ2v) is 6.48. The van der Waals surface area contributed by atoms with Crippen molar-refractivity contribution in [3.05, 3.63) is 29.8 Å². The van der Waals surface area contributed by atoms with E-state index in [4.69, 9.17) is 0 Å². The van der Waals surface area contributed by atoms with Gasteiger partial charge in [0.2, 0.25) is 10.0 Å². The Kier molecular flexibility index (Phi) is 4.05. The smallest absolute Gasteiger partial charge is 0.245 e. The van der Waals surface area contributed by atoms with E-state index in [1.165, 1.54) is 0 Å². The quantitative estimate of drug-likeness (QED) is 0.794. The van der Waals surface area contributed by atoms with Crippen molar-refractivity contribution in [1.82, 2.24) is 4.31 Å². The van der Waals surface area contributed by atoms with Gasteiger partial charge in [-0.05, 0) is 25.0 Å². The van der Waals surface area contributed by atoms with Gasteiger partial charge in [0.1, 0.15) is 16.5 Å². The number of halogens is 2. The van der Waals surface area contributed by atoms with Crippen molar-refractivity contribution in [2.75, 3.05) is 13.1 Å². The maximum atomic E-state index is 13.6. The van der Waals surface area contributed by atoms with Gasteiger partial charge in [-0.15, -0.1) is 0 Å². The predicted molar refractivity (Wildman–Crippen MR) is 62.8 cm³/mol. The average Bonchev–Trinajstić information content (AvgIpc) is 2.38. The van der Waals surface area contributed by atoms with Gasteiger partial charge in [0.15, 0.2) is 0 Å². The van der Waals surface area contributed by atoms with Crippen LogP contribution in [0.15, 0.2) is 23.1 Å². The summed E-state index contributed by atoms with van der Waals surface area (Å²) < 4.78 is 51.7. The number of rotatable bonds is 3. The Morgan fingerprint density at radius 2 is 1.85 bits per heavy atom. The topological polar surface area (TPSA) is 77.5 Å². The van der Waals surface area contributed by atoms with Crippen LogP contribution in [0.1, 0.15) is 12.8 Å². The van der Waals surface area contributed by atoms with Gasteiger partial charge in [-0.1, -0.05) is 0 Å². The van der Waals surface area contributed by atoms with E-state index in [2.05, 4.69) is 0 Å². The van der Waals surface area contributed by atoms with Crippen LogP contribution in [0.5, 0.6) is 0 Å². The van der Waals surface area contributed by atoms with E-state index in [0.717, 1.165) is 16.4 Å². The Morgan fingerprint density at radius 1 is 1.25 bits per heavy atom. The number of benzene rings is 1. The van der Waals surface area contributed by atoms with E-state index in [-0.39, 0.29) is 25.9 Å². The fourth-order valence-electron chi connectivity index (χ4n) is 2.16. The molecule has 0 spiro atoms. The van der Waals surface area contributed by atoms with Crippen LogP contribution in [0, 0.1) is 17.6 Å². The number of aliphatic carboxylic acids is 1. The number of carboxylic acids is 1. The molecule has 1 saturated heterocycles. The van der Waals surface area contributed by atoms with Gasteiger partial charge in [-0.25, -0.2) is 17.2 Å². The lowest BCUT2D eigenvalue weighted by Crippen LogP contribution is -2.43. The lowest BCUT2D eigenvalue weighted by molar-refractivity contribution is -0.312. The van der Waals surface area contributed by atoms with Gasteiger partial charge in [-0.3, -0.25) is 0 Å². The largest absolute Gasteiger partial charge is 0.550 e. The maximum Gasteiger partial charge on any atom is 0.245 e. The lowest BCUT2D eigenvalue weighted by Gasteiger charge is -2.31. The van der Waals surface area contributed by atoms with Crippen molar-refractivity contribution in [1.29, 1.82) is 0 Å². The van der Waals surface area contributed by atoms with Crippen molar-refractivity contribution in [2.45, 2.75) is 17.7 Å². The Labute approximate surface area is 114 Å². The molecule has 0 atom stereocenters. The van der Waals surface area contributed by atoms with Crippen LogP contribution in [-0.2, 0) is 14.8 Å². The molecular weight excluding hydrogens is 292 g/mol. The molecule has 1 aliphatic rings. The highest BCUT2D eigenvalue weighted by Gasteiger charge is 2.31. The Bertz CT molecular complexity index is 624. The van der Waals surface area contributed by atoms with Crippen molar-refractivity contribution < 1.29 is 27.1 Å². The average molecular weight is 304 g/mol. The zero-order valence-electron chi connectivity index (χ0n) is 10.4. The highest BCUT2D eigenvalue weighted by molar-refractivity contribution is 7.89. The monoisotopic (exact) mass is 304 g/mol. The lowest BCUT2D eigenvalue weighted by atomic mass is 9.99. The Morgan fingerprint density at radius 3 is 2.35 bits per heavy atom. The number of sulfonamides is 1. The third-order valence-electron chi connectivity index (χ3n) is 3.30. The molecule has 0 bridgehead atoms. The van der Waals surface area contributed by atoms with Crippen LogP contribution in [0.25, 0.3) is 0 Å². The zero-order valence-corrected chi connectivity index (χ0v) is 11.2. The van der Waals surface area contributed by atoms with Crippen molar-refractivity contribution in [2.24, 2.45) is 5.92 Å². The summed E-state index contributed by atoms with van der Waals surface area (Å²) >= 11 is 0. The molecule has 8 heteroatoms. The summed E-state index contributed by atoms with van der Waals surface area (Å²) in [5, 5.41) is 10.7. The van der Waals surface area contributed by atoms with Gasteiger partial charge >= 0.3 is 0 Å². The number of piperidine rings is 1. The fraction of sp³-hybridized carbons (Fsp3) is 0.417. The Balaban J connectivity index is 2.22. The summed E-state index contributed by atoms with van der Waals surface area (Å²) in [6.07, 6.45) is 0.231. The second kappa shape index (κ2) is 5.45. The molecule has 110 valence electrons. The van der Waals surface area contributed by atoms with Crippen LogP contribution in [0.2, 0.25) is 0 Å². The highest BCUT2D eigenvalue weighted by Crippen LogP contribution is 2.25. The van der Waals surface area contributed by atoms with E-state index >= 15 is 0 Å². The molecule has 0 radical (unpaired) electrons. The van der Waals surface area contributed by atoms with Gasteiger partial charge in [0, 0.05) is 31.0 Å². The molecule has 0 aliphatic carbocycles. The van der Waals surface area contributed by atoms with Crippen molar-refractivity contribution in [3.8, 4) is 0 Å². The van der Waals surface area contributed by atoms with E-state index < -0.39 is 38.4 Å². The summed E-state index contributed by atoms with van der Waals surface area (Å²) in [5.74, 6) is -3.93. The molecule has 5 nitrogen and oxygen atoms in total. The molecule has 0 unspecified atom stereocenters. The number of carbonyl (C=O) groups excluding carboxylic acids is 1. The number of carboxylic acid groups (broad SMARTS) is 1. The third kappa shape index (κ3) is 2.80. The van der Waals surface area contributed by atoms with Gasteiger partial charge < -0.3 is 9.90 Å².